The Bertz CT molecular complexity index is 493. The molecule has 1 saturated heterocycles. The van der Waals surface area contributed by atoms with Crippen molar-refractivity contribution in [3.63, 3.8) is 0 Å². The Hall–Kier alpha value is -1.55. The van der Waals surface area contributed by atoms with Crippen LogP contribution in [0.5, 0.6) is 0 Å². The minimum atomic E-state index is 0.0571. The van der Waals surface area contributed by atoms with Gasteiger partial charge in [-0.1, -0.05) is 13.8 Å². The van der Waals surface area contributed by atoms with Gasteiger partial charge in [0.15, 0.2) is 0 Å². The van der Waals surface area contributed by atoms with Gasteiger partial charge in [0, 0.05) is 43.5 Å². The van der Waals surface area contributed by atoms with Crippen molar-refractivity contribution in [3.8, 4) is 0 Å². The molecule has 2 rings (SSSR count). The average molecular weight is 289 g/mol. The number of hydrogen-bond donors (Lipinski definition) is 1. The Kier molecular flexibility index (Phi) is 5.23. The second-order valence-electron chi connectivity index (χ2n) is 6.09. The molecule has 1 aromatic rings. The van der Waals surface area contributed by atoms with Crippen LogP contribution in [0, 0.1) is 12.8 Å². The van der Waals surface area contributed by atoms with Crippen molar-refractivity contribution >= 4 is 17.3 Å². The molecule has 0 radical (unpaired) electrons. The molecule has 1 aliphatic rings. The third-order valence-corrected chi connectivity index (χ3v) is 4.40. The Morgan fingerprint density at radius 3 is 2.52 bits per heavy atom. The third-order valence-electron chi connectivity index (χ3n) is 4.40. The largest absolute Gasteiger partial charge is 0.369 e. The molecule has 0 aromatic heterocycles. The maximum atomic E-state index is 12.0. The maximum Gasteiger partial charge on any atom is 0.227 e. The van der Waals surface area contributed by atoms with Gasteiger partial charge >= 0.3 is 0 Å². The van der Waals surface area contributed by atoms with Gasteiger partial charge in [-0.05, 0) is 44.2 Å². The van der Waals surface area contributed by atoms with Crippen LogP contribution in [0.3, 0.4) is 0 Å². The van der Waals surface area contributed by atoms with Crippen LogP contribution >= 0.6 is 0 Å². The van der Waals surface area contributed by atoms with Gasteiger partial charge < -0.3 is 15.1 Å². The number of amides is 1. The van der Waals surface area contributed by atoms with E-state index in [1.54, 1.807) is 0 Å². The Morgan fingerprint density at radius 1 is 1.29 bits per heavy atom. The van der Waals surface area contributed by atoms with Crippen LogP contribution in [0.2, 0.25) is 0 Å². The van der Waals surface area contributed by atoms with E-state index < -0.39 is 0 Å². The number of piperazine rings is 1. The number of likely N-dealkylation sites (N-methyl/N-ethyl adjacent to an activating group) is 1. The maximum absolute atomic E-state index is 12.0. The molecule has 1 fully saturated rings. The van der Waals surface area contributed by atoms with E-state index in [1.807, 2.05) is 19.9 Å². The van der Waals surface area contributed by atoms with Crippen molar-refractivity contribution < 1.29 is 4.79 Å². The number of aryl methyl sites for hydroxylation is 1. The molecule has 1 atom stereocenters. The lowest BCUT2D eigenvalue weighted by molar-refractivity contribution is -0.119. The first kappa shape index (κ1) is 15.8. The smallest absolute Gasteiger partial charge is 0.227 e. The number of benzene rings is 1. The summed E-state index contributed by atoms with van der Waals surface area (Å²) in [5.74, 6) is 0.162. The topological polar surface area (TPSA) is 35.6 Å². The zero-order chi connectivity index (χ0) is 15.4. The summed E-state index contributed by atoms with van der Waals surface area (Å²) in [7, 11) is 2.16. The molecule has 0 spiro atoms. The number of carbonyl (C=O) groups excluding carboxylic acids is 1. The van der Waals surface area contributed by atoms with Crippen LogP contribution in [-0.2, 0) is 4.79 Å². The first-order valence-corrected chi connectivity index (χ1v) is 7.86. The first-order chi connectivity index (χ1) is 10.0. The molecule has 21 heavy (non-hydrogen) atoms. The highest BCUT2D eigenvalue weighted by Crippen LogP contribution is 2.24. The lowest BCUT2D eigenvalue weighted by Crippen LogP contribution is -2.44. The summed E-state index contributed by atoms with van der Waals surface area (Å²) in [6.45, 7) is 10.4. The number of rotatable bonds is 4. The summed E-state index contributed by atoms with van der Waals surface area (Å²) in [5.41, 5.74) is 3.31. The SMILES string of the molecule is CCC(C)C(=O)Nc1ccc(N2CCN(C)CC2)cc1C. The summed E-state index contributed by atoms with van der Waals surface area (Å²) < 4.78 is 0. The van der Waals surface area contributed by atoms with Crippen molar-refractivity contribution in [2.75, 3.05) is 43.4 Å². The van der Waals surface area contributed by atoms with Crippen molar-refractivity contribution in [1.29, 1.82) is 0 Å². The molecule has 1 amide bonds. The molecule has 4 heteroatoms. The number of nitrogens with one attached hydrogen (secondary N) is 1. The van der Waals surface area contributed by atoms with E-state index in [2.05, 4.69) is 41.2 Å². The fourth-order valence-electron chi connectivity index (χ4n) is 2.49. The molecule has 116 valence electrons. The molecule has 1 aromatic carbocycles. The van der Waals surface area contributed by atoms with Crippen molar-refractivity contribution in [2.24, 2.45) is 5.92 Å². The standard InChI is InChI=1S/C17H27N3O/c1-5-13(2)17(21)18-16-7-6-15(12-14(16)3)20-10-8-19(4)9-11-20/h6-7,12-13H,5,8-11H2,1-4H3,(H,18,21). The van der Waals surface area contributed by atoms with Crippen molar-refractivity contribution in [3.05, 3.63) is 23.8 Å². The molecular formula is C17H27N3O. The number of anilines is 2. The van der Waals surface area contributed by atoms with Gasteiger partial charge in [0.1, 0.15) is 0 Å². The summed E-state index contributed by atoms with van der Waals surface area (Å²) in [5, 5.41) is 3.03. The zero-order valence-electron chi connectivity index (χ0n) is 13.6. The Morgan fingerprint density at radius 2 is 1.95 bits per heavy atom. The quantitative estimate of drug-likeness (QED) is 0.926. The number of nitrogens with zero attached hydrogens (tertiary/aromatic N) is 2. The molecule has 1 heterocycles. The van der Waals surface area contributed by atoms with Crippen LogP contribution < -0.4 is 10.2 Å². The first-order valence-electron chi connectivity index (χ1n) is 7.86. The monoisotopic (exact) mass is 289 g/mol. The molecular weight excluding hydrogens is 262 g/mol. The second-order valence-corrected chi connectivity index (χ2v) is 6.09. The van der Waals surface area contributed by atoms with E-state index in [1.165, 1.54) is 5.69 Å². The van der Waals surface area contributed by atoms with Crippen LogP contribution in [0.15, 0.2) is 18.2 Å². The summed E-state index contributed by atoms with van der Waals surface area (Å²) in [6, 6.07) is 6.32. The molecule has 1 N–H and O–H groups in total. The fourth-order valence-corrected chi connectivity index (χ4v) is 2.49. The van der Waals surface area contributed by atoms with Crippen LogP contribution in [0.4, 0.5) is 11.4 Å². The van der Waals surface area contributed by atoms with Gasteiger partial charge in [-0.25, -0.2) is 0 Å². The molecule has 0 bridgehead atoms. The van der Waals surface area contributed by atoms with E-state index in [0.717, 1.165) is 43.9 Å². The number of carbonyl (C=O) groups is 1. The minimum absolute atomic E-state index is 0.0571. The fraction of sp³-hybridized carbons (Fsp3) is 0.588. The lowest BCUT2D eigenvalue weighted by atomic mass is 10.1. The van der Waals surface area contributed by atoms with Gasteiger partial charge in [-0.2, -0.15) is 0 Å². The van der Waals surface area contributed by atoms with Crippen molar-refractivity contribution in [2.45, 2.75) is 27.2 Å². The second kappa shape index (κ2) is 6.94. The van der Waals surface area contributed by atoms with E-state index in [9.17, 15) is 4.79 Å². The predicted molar refractivity (Wildman–Crippen MR) is 89.0 cm³/mol. The summed E-state index contributed by atoms with van der Waals surface area (Å²) in [6.07, 6.45) is 0.865. The zero-order valence-corrected chi connectivity index (χ0v) is 13.6. The third kappa shape index (κ3) is 3.97. The van der Waals surface area contributed by atoms with Gasteiger partial charge in [0.05, 0.1) is 0 Å². The van der Waals surface area contributed by atoms with Crippen LogP contribution in [-0.4, -0.2) is 44.0 Å². The van der Waals surface area contributed by atoms with E-state index in [-0.39, 0.29) is 11.8 Å². The van der Waals surface area contributed by atoms with E-state index in [4.69, 9.17) is 0 Å². The highest BCUT2D eigenvalue weighted by atomic mass is 16.1. The van der Waals surface area contributed by atoms with E-state index in [0.29, 0.717) is 0 Å². The number of hydrogen-bond acceptors (Lipinski definition) is 3. The Labute approximate surface area is 128 Å². The summed E-state index contributed by atoms with van der Waals surface area (Å²) in [4.78, 5) is 16.8. The van der Waals surface area contributed by atoms with Gasteiger partial charge in [-0.3, -0.25) is 4.79 Å². The molecule has 0 aliphatic carbocycles. The summed E-state index contributed by atoms with van der Waals surface area (Å²) >= 11 is 0. The molecule has 1 unspecified atom stereocenters. The van der Waals surface area contributed by atoms with Crippen molar-refractivity contribution in [1.82, 2.24) is 4.90 Å². The average Bonchev–Trinajstić information content (AvgIpc) is 2.49. The van der Waals surface area contributed by atoms with Crippen LogP contribution in [0.1, 0.15) is 25.8 Å². The lowest BCUT2D eigenvalue weighted by Gasteiger charge is -2.34. The molecule has 4 nitrogen and oxygen atoms in total. The predicted octanol–water partition coefficient (Wildman–Crippen LogP) is 2.73. The highest BCUT2D eigenvalue weighted by Gasteiger charge is 2.16. The highest BCUT2D eigenvalue weighted by molar-refractivity contribution is 5.93. The molecule has 1 aliphatic heterocycles. The normalized spacial score (nSPS) is 17.6. The molecule has 0 saturated carbocycles. The van der Waals surface area contributed by atoms with Crippen LogP contribution in [0.25, 0.3) is 0 Å². The van der Waals surface area contributed by atoms with E-state index >= 15 is 0 Å². The Balaban J connectivity index is 2.05. The minimum Gasteiger partial charge on any atom is -0.369 e. The van der Waals surface area contributed by atoms with Gasteiger partial charge in [-0.15, -0.1) is 0 Å². The van der Waals surface area contributed by atoms with Gasteiger partial charge in [0.25, 0.3) is 0 Å². The van der Waals surface area contributed by atoms with Gasteiger partial charge in [0.2, 0.25) is 5.91 Å².